The molecule has 0 saturated carbocycles. The summed E-state index contributed by atoms with van der Waals surface area (Å²) in [6, 6.07) is 16.0. The third kappa shape index (κ3) is 5.52. The Hall–Kier alpha value is -4.24. The molecule has 1 saturated heterocycles. The summed E-state index contributed by atoms with van der Waals surface area (Å²) in [7, 11) is 0. The van der Waals surface area contributed by atoms with Crippen LogP contribution in [0.2, 0.25) is 0 Å². The summed E-state index contributed by atoms with van der Waals surface area (Å²) < 4.78 is 7.38. The molecule has 0 aliphatic carbocycles. The van der Waals surface area contributed by atoms with Crippen LogP contribution in [-0.2, 0) is 13.1 Å². The van der Waals surface area contributed by atoms with Crippen molar-refractivity contribution in [2.75, 3.05) is 13.1 Å². The van der Waals surface area contributed by atoms with E-state index >= 15 is 0 Å². The summed E-state index contributed by atoms with van der Waals surface area (Å²) in [5.74, 6) is 8.12. The maximum Gasteiger partial charge on any atom is 0.167 e. The van der Waals surface area contributed by atoms with Gasteiger partial charge in [0.25, 0.3) is 0 Å². The summed E-state index contributed by atoms with van der Waals surface area (Å²) in [4.78, 5) is 11.0. The number of pyridine rings is 1. The lowest BCUT2D eigenvalue weighted by Crippen LogP contribution is -2.45. The van der Waals surface area contributed by atoms with Crippen molar-refractivity contribution in [1.29, 1.82) is 5.26 Å². The average Bonchev–Trinajstić information content (AvgIpc) is 3.53. The van der Waals surface area contributed by atoms with E-state index < -0.39 is 6.10 Å². The van der Waals surface area contributed by atoms with E-state index in [-0.39, 0.29) is 0 Å². The highest BCUT2D eigenvalue weighted by atomic mass is 16.5. The van der Waals surface area contributed by atoms with Crippen molar-refractivity contribution in [1.82, 2.24) is 24.6 Å². The molecule has 1 fully saturated rings. The molecule has 5 rings (SSSR count). The number of nitrogens with zero attached hydrogens (tertiary/aromatic N) is 6. The second-order valence-electron chi connectivity index (χ2n) is 9.06. The van der Waals surface area contributed by atoms with Crippen molar-refractivity contribution in [2.45, 2.75) is 32.5 Å². The van der Waals surface area contributed by atoms with Crippen LogP contribution in [0.25, 0.3) is 11.3 Å². The van der Waals surface area contributed by atoms with Gasteiger partial charge < -0.3 is 14.2 Å². The van der Waals surface area contributed by atoms with Gasteiger partial charge in [-0.2, -0.15) is 5.26 Å². The predicted molar refractivity (Wildman–Crippen MR) is 133 cm³/mol. The Balaban J connectivity index is 1.17. The van der Waals surface area contributed by atoms with Crippen molar-refractivity contribution in [2.24, 2.45) is 5.92 Å². The topological polar surface area (TPSA) is 104 Å². The van der Waals surface area contributed by atoms with Crippen LogP contribution in [0.4, 0.5) is 0 Å². The number of hydrogen-bond acceptors (Lipinski definition) is 7. The van der Waals surface area contributed by atoms with E-state index in [4.69, 9.17) is 9.78 Å². The van der Waals surface area contributed by atoms with E-state index in [2.05, 4.69) is 37.9 Å². The highest BCUT2D eigenvalue weighted by Crippen LogP contribution is 2.22. The summed E-state index contributed by atoms with van der Waals surface area (Å²) in [5.41, 5.74) is 4.44. The molecule has 1 aliphatic rings. The van der Waals surface area contributed by atoms with E-state index in [1.54, 1.807) is 13.1 Å². The second-order valence-corrected chi connectivity index (χ2v) is 9.06. The van der Waals surface area contributed by atoms with Gasteiger partial charge in [0.15, 0.2) is 5.76 Å². The van der Waals surface area contributed by atoms with E-state index in [1.165, 1.54) is 0 Å². The van der Waals surface area contributed by atoms with Crippen molar-refractivity contribution in [3.63, 3.8) is 0 Å². The SMILES string of the molecule is C[C@H](O)c1nccn1Cc1cc(-c2ccc(C#Cc3ccc(CN4CC(CC#N)C4)nc3)cc2)on1. The fourth-order valence-corrected chi connectivity index (χ4v) is 4.27. The number of aliphatic hydroxyl groups is 1. The Morgan fingerprint density at radius 1 is 1.06 bits per heavy atom. The number of aromatic nitrogens is 4. The number of hydrogen-bond donors (Lipinski definition) is 1. The van der Waals surface area contributed by atoms with Gasteiger partial charge in [-0.15, -0.1) is 0 Å². The lowest BCUT2D eigenvalue weighted by atomic mass is 9.97. The lowest BCUT2D eigenvalue weighted by molar-refractivity contribution is 0.0940. The molecule has 4 aromatic rings. The Labute approximate surface area is 209 Å². The maximum atomic E-state index is 9.82. The zero-order chi connectivity index (χ0) is 24.9. The van der Waals surface area contributed by atoms with Crippen LogP contribution in [0.3, 0.4) is 0 Å². The van der Waals surface area contributed by atoms with Crippen LogP contribution >= 0.6 is 0 Å². The highest BCUT2D eigenvalue weighted by molar-refractivity contribution is 5.59. The fraction of sp³-hybridized carbons (Fsp3) is 0.286. The normalized spacial score (nSPS) is 14.5. The minimum absolute atomic E-state index is 0.472. The molecule has 4 heterocycles. The molecule has 1 aromatic carbocycles. The fourth-order valence-electron chi connectivity index (χ4n) is 4.27. The van der Waals surface area contributed by atoms with Crippen LogP contribution in [0.5, 0.6) is 0 Å². The molecule has 1 N–H and O–H groups in total. The van der Waals surface area contributed by atoms with Crippen molar-refractivity contribution < 1.29 is 9.63 Å². The Kier molecular flexibility index (Phi) is 6.90. The molecule has 0 amide bonds. The first kappa shape index (κ1) is 23.5. The van der Waals surface area contributed by atoms with E-state index in [1.807, 2.05) is 59.4 Å². The minimum Gasteiger partial charge on any atom is -0.385 e. The quantitative estimate of drug-likeness (QED) is 0.403. The van der Waals surface area contributed by atoms with Gasteiger partial charge in [-0.05, 0) is 49.2 Å². The van der Waals surface area contributed by atoms with Crippen molar-refractivity contribution in [3.05, 3.63) is 89.4 Å². The largest absolute Gasteiger partial charge is 0.385 e. The molecule has 1 atom stereocenters. The molecule has 8 nitrogen and oxygen atoms in total. The molecule has 0 radical (unpaired) electrons. The van der Waals surface area contributed by atoms with Crippen LogP contribution in [0.1, 0.15) is 47.8 Å². The summed E-state index contributed by atoms with van der Waals surface area (Å²) in [5, 5.41) is 22.7. The molecule has 36 heavy (non-hydrogen) atoms. The molecule has 8 heteroatoms. The van der Waals surface area contributed by atoms with Crippen LogP contribution in [0.15, 0.2) is 65.6 Å². The van der Waals surface area contributed by atoms with Crippen LogP contribution < -0.4 is 0 Å². The number of likely N-dealkylation sites (tertiary alicyclic amines) is 1. The van der Waals surface area contributed by atoms with Crippen molar-refractivity contribution in [3.8, 4) is 29.2 Å². The summed E-state index contributed by atoms with van der Waals surface area (Å²) in [6.07, 6.45) is 5.27. The van der Waals surface area contributed by atoms with Crippen LogP contribution in [0, 0.1) is 29.1 Å². The standard InChI is InChI=1S/C28H26N6O2/c1-20(35)28-30-12-13-34(28)19-26-14-27(36-32-26)24-7-4-21(5-8-24)2-3-22-6-9-25(31-15-22)18-33-16-23(17-33)10-11-29/h4-9,12-15,20,23,35H,10,16-19H2,1H3/t20-/m0/s1. The first-order valence-corrected chi connectivity index (χ1v) is 11.9. The average molecular weight is 479 g/mol. The minimum atomic E-state index is -0.650. The third-order valence-corrected chi connectivity index (χ3v) is 6.16. The molecular weight excluding hydrogens is 452 g/mol. The zero-order valence-corrected chi connectivity index (χ0v) is 20.0. The number of nitriles is 1. The van der Waals surface area contributed by atoms with E-state index in [0.717, 1.165) is 47.7 Å². The van der Waals surface area contributed by atoms with Crippen LogP contribution in [-0.4, -0.2) is 42.8 Å². The smallest absolute Gasteiger partial charge is 0.167 e. The van der Waals surface area contributed by atoms with Crippen molar-refractivity contribution >= 4 is 0 Å². The molecule has 1 aliphatic heterocycles. The molecule has 0 bridgehead atoms. The molecular formula is C28H26N6O2. The molecule has 0 spiro atoms. The summed E-state index contributed by atoms with van der Waals surface area (Å²) >= 11 is 0. The maximum absolute atomic E-state index is 9.82. The van der Waals surface area contributed by atoms with Gasteiger partial charge in [0.05, 0.1) is 18.3 Å². The van der Waals surface area contributed by atoms with Gasteiger partial charge in [0.1, 0.15) is 17.6 Å². The van der Waals surface area contributed by atoms with Gasteiger partial charge in [-0.3, -0.25) is 9.88 Å². The van der Waals surface area contributed by atoms with E-state index in [9.17, 15) is 5.11 Å². The Morgan fingerprint density at radius 2 is 1.83 bits per heavy atom. The lowest BCUT2D eigenvalue weighted by Gasteiger charge is -2.37. The molecule has 180 valence electrons. The molecule has 3 aromatic heterocycles. The number of aliphatic hydroxyl groups excluding tert-OH is 1. The molecule has 0 unspecified atom stereocenters. The van der Waals surface area contributed by atoms with Gasteiger partial charge in [-0.1, -0.05) is 17.0 Å². The Bertz CT molecular complexity index is 1410. The van der Waals surface area contributed by atoms with Gasteiger partial charge in [0, 0.05) is 67.4 Å². The number of benzene rings is 1. The predicted octanol–water partition coefficient (Wildman–Crippen LogP) is 3.78. The van der Waals surface area contributed by atoms with E-state index in [0.29, 0.717) is 30.5 Å². The van der Waals surface area contributed by atoms with Gasteiger partial charge in [0.2, 0.25) is 0 Å². The van der Waals surface area contributed by atoms with Gasteiger partial charge >= 0.3 is 0 Å². The summed E-state index contributed by atoms with van der Waals surface area (Å²) in [6.45, 7) is 4.91. The number of rotatable bonds is 7. The first-order valence-electron chi connectivity index (χ1n) is 11.9. The zero-order valence-electron chi connectivity index (χ0n) is 20.0. The Morgan fingerprint density at radius 3 is 2.56 bits per heavy atom. The number of imidazole rings is 1. The highest BCUT2D eigenvalue weighted by Gasteiger charge is 2.26. The van der Waals surface area contributed by atoms with Gasteiger partial charge in [-0.25, -0.2) is 4.98 Å². The third-order valence-electron chi connectivity index (χ3n) is 6.16. The first-order chi connectivity index (χ1) is 17.6. The second kappa shape index (κ2) is 10.6. The monoisotopic (exact) mass is 478 g/mol.